The Kier molecular flexibility index (Phi) is 5.12. The number of aromatic amines is 1. The van der Waals surface area contributed by atoms with Gasteiger partial charge in [0.25, 0.3) is 0 Å². The minimum absolute atomic E-state index is 0.0310. The molecule has 0 saturated carbocycles. The lowest BCUT2D eigenvalue weighted by Gasteiger charge is -2.06. The Hall–Kier alpha value is -3.51. The molecule has 28 heavy (non-hydrogen) atoms. The second-order valence-corrected chi connectivity index (χ2v) is 6.35. The van der Waals surface area contributed by atoms with Crippen molar-refractivity contribution in [2.75, 3.05) is 11.9 Å². The van der Waals surface area contributed by atoms with E-state index in [0.717, 1.165) is 22.2 Å². The molecule has 140 valence electrons. The number of nitrogens with zero attached hydrogens (tertiary/aromatic N) is 1. The van der Waals surface area contributed by atoms with E-state index in [1.807, 2.05) is 42.5 Å². The standard InChI is InChI=1S/C22H18FN3O2/c23-17-8-6-16(7-9-17)22-25-19-11-10-18(12-20(19)26-22)24-21(27)14-28-13-15-4-2-1-3-5-15/h1-12H,13-14H2,(H,24,27)(H,25,26). The first kappa shape index (κ1) is 17.9. The van der Waals surface area contributed by atoms with Crippen LogP contribution < -0.4 is 5.32 Å². The van der Waals surface area contributed by atoms with Crippen LogP contribution in [0, 0.1) is 5.82 Å². The fraction of sp³-hybridized carbons (Fsp3) is 0.0909. The molecule has 6 heteroatoms. The maximum atomic E-state index is 13.1. The molecule has 2 N–H and O–H groups in total. The average Bonchev–Trinajstić information content (AvgIpc) is 3.13. The molecule has 4 aromatic rings. The summed E-state index contributed by atoms with van der Waals surface area (Å²) in [6, 6.07) is 21.2. The maximum absolute atomic E-state index is 13.1. The molecule has 0 radical (unpaired) electrons. The lowest BCUT2D eigenvalue weighted by atomic mass is 10.2. The van der Waals surface area contributed by atoms with Gasteiger partial charge in [0.2, 0.25) is 5.91 Å². The quantitative estimate of drug-likeness (QED) is 0.520. The Labute approximate surface area is 161 Å². The number of ether oxygens (including phenoxy) is 1. The number of hydrogen-bond donors (Lipinski definition) is 2. The molecule has 0 aliphatic rings. The highest BCUT2D eigenvalue weighted by Crippen LogP contribution is 2.23. The molecule has 0 atom stereocenters. The summed E-state index contributed by atoms with van der Waals surface area (Å²) in [6.07, 6.45) is 0. The number of nitrogens with one attached hydrogen (secondary N) is 2. The van der Waals surface area contributed by atoms with E-state index in [1.54, 1.807) is 18.2 Å². The molecule has 0 spiro atoms. The molecule has 5 nitrogen and oxygen atoms in total. The van der Waals surface area contributed by atoms with Gasteiger partial charge >= 0.3 is 0 Å². The third-order valence-corrected chi connectivity index (χ3v) is 4.23. The van der Waals surface area contributed by atoms with Crippen LogP contribution in [-0.2, 0) is 16.1 Å². The zero-order valence-electron chi connectivity index (χ0n) is 15.0. The molecule has 0 fully saturated rings. The van der Waals surface area contributed by atoms with Crippen LogP contribution in [0.2, 0.25) is 0 Å². The van der Waals surface area contributed by atoms with Crippen LogP contribution in [0.15, 0.2) is 72.8 Å². The lowest BCUT2D eigenvalue weighted by molar-refractivity contribution is -0.121. The molecule has 4 rings (SSSR count). The molecule has 0 bridgehead atoms. The van der Waals surface area contributed by atoms with Crippen LogP contribution in [0.1, 0.15) is 5.56 Å². The summed E-state index contributed by atoms with van der Waals surface area (Å²) in [5.41, 5.74) is 4.00. The van der Waals surface area contributed by atoms with Gasteiger partial charge in [-0.3, -0.25) is 4.79 Å². The summed E-state index contributed by atoms with van der Waals surface area (Å²) in [5.74, 6) is 0.123. The van der Waals surface area contributed by atoms with Crippen molar-refractivity contribution in [1.82, 2.24) is 9.97 Å². The van der Waals surface area contributed by atoms with Gasteiger partial charge in [-0.2, -0.15) is 0 Å². The van der Waals surface area contributed by atoms with Gasteiger partial charge in [-0.05, 0) is 48.0 Å². The van der Waals surface area contributed by atoms with Crippen LogP contribution in [0.3, 0.4) is 0 Å². The van der Waals surface area contributed by atoms with Gasteiger partial charge < -0.3 is 15.0 Å². The third-order valence-electron chi connectivity index (χ3n) is 4.23. The second-order valence-electron chi connectivity index (χ2n) is 6.35. The van der Waals surface area contributed by atoms with Crippen LogP contribution in [0.5, 0.6) is 0 Å². The minimum Gasteiger partial charge on any atom is -0.367 e. The molecule has 0 aliphatic carbocycles. The number of H-pyrrole nitrogens is 1. The average molecular weight is 375 g/mol. The number of aromatic nitrogens is 2. The number of benzene rings is 3. The number of rotatable bonds is 6. The number of anilines is 1. The molecule has 3 aromatic carbocycles. The van der Waals surface area contributed by atoms with Crippen molar-refractivity contribution in [3.8, 4) is 11.4 Å². The molecule has 1 aromatic heterocycles. The van der Waals surface area contributed by atoms with Gasteiger partial charge in [0, 0.05) is 11.3 Å². The van der Waals surface area contributed by atoms with E-state index in [2.05, 4.69) is 15.3 Å². The van der Waals surface area contributed by atoms with Crippen molar-refractivity contribution in [1.29, 1.82) is 0 Å². The predicted octanol–water partition coefficient (Wildman–Crippen LogP) is 4.52. The molecule has 1 heterocycles. The summed E-state index contributed by atoms with van der Waals surface area (Å²) >= 11 is 0. The monoisotopic (exact) mass is 375 g/mol. The Bertz CT molecular complexity index is 1090. The van der Waals surface area contributed by atoms with E-state index in [0.29, 0.717) is 18.1 Å². The third kappa shape index (κ3) is 4.24. The van der Waals surface area contributed by atoms with Crippen molar-refractivity contribution < 1.29 is 13.9 Å². The van der Waals surface area contributed by atoms with Crippen LogP contribution in [0.25, 0.3) is 22.4 Å². The SMILES string of the molecule is O=C(COCc1ccccc1)Nc1ccc2nc(-c3ccc(F)cc3)[nH]c2c1. The van der Waals surface area contributed by atoms with E-state index in [-0.39, 0.29) is 18.3 Å². The molecule has 0 unspecified atom stereocenters. The van der Waals surface area contributed by atoms with E-state index >= 15 is 0 Å². The molecule has 0 aliphatic heterocycles. The topological polar surface area (TPSA) is 67.0 Å². The van der Waals surface area contributed by atoms with Crippen molar-refractivity contribution >= 4 is 22.6 Å². The molecular weight excluding hydrogens is 357 g/mol. The number of fused-ring (bicyclic) bond motifs is 1. The number of hydrogen-bond acceptors (Lipinski definition) is 3. The van der Waals surface area contributed by atoms with Gasteiger partial charge in [-0.15, -0.1) is 0 Å². The molecule has 1 amide bonds. The van der Waals surface area contributed by atoms with E-state index in [9.17, 15) is 9.18 Å². The second kappa shape index (κ2) is 8.02. The van der Waals surface area contributed by atoms with Gasteiger partial charge in [0.15, 0.2) is 0 Å². The summed E-state index contributed by atoms with van der Waals surface area (Å²) in [5, 5.41) is 2.82. The normalized spacial score (nSPS) is 10.9. The van der Waals surface area contributed by atoms with Crippen molar-refractivity contribution in [2.24, 2.45) is 0 Å². The Morgan fingerprint density at radius 3 is 2.61 bits per heavy atom. The fourth-order valence-corrected chi connectivity index (χ4v) is 2.86. The number of carbonyl (C=O) groups excluding carboxylic acids is 1. The first-order valence-corrected chi connectivity index (χ1v) is 8.84. The largest absolute Gasteiger partial charge is 0.367 e. The highest BCUT2D eigenvalue weighted by molar-refractivity contribution is 5.94. The minimum atomic E-state index is -0.292. The fourth-order valence-electron chi connectivity index (χ4n) is 2.86. The lowest BCUT2D eigenvalue weighted by Crippen LogP contribution is -2.18. The predicted molar refractivity (Wildman–Crippen MR) is 106 cm³/mol. The van der Waals surface area contributed by atoms with E-state index in [1.165, 1.54) is 12.1 Å². The number of halogens is 1. The first-order valence-electron chi connectivity index (χ1n) is 8.84. The Morgan fingerprint density at radius 2 is 1.82 bits per heavy atom. The smallest absolute Gasteiger partial charge is 0.250 e. The maximum Gasteiger partial charge on any atom is 0.250 e. The van der Waals surface area contributed by atoms with Gasteiger partial charge in [-0.25, -0.2) is 9.37 Å². The summed E-state index contributed by atoms with van der Waals surface area (Å²) in [4.78, 5) is 19.8. The van der Waals surface area contributed by atoms with Crippen LogP contribution in [-0.4, -0.2) is 22.5 Å². The van der Waals surface area contributed by atoms with Crippen molar-refractivity contribution in [2.45, 2.75) is 6.61 Å². The van der Waals surface area contributed by atoms with E-state index in [4.69, 9.17) is 4.74 Å². The van der Waals surface area contributed by atoms with Crippen molar-refractivity contribution in [3.05, 3.63) is 84.2 Å². The summed E-state index contributed by atoms with van der Waals surface area (Å²) in [6.45, 7) is 0.353. The number of amides is 1. The summed E-state index contributed by atoms with van der Waals surface area (Å²) < 4.78 is 18.5. The Balaban J connectivity index is 1.40. The first-order chi connectivity index (χ1) is 13.7. The van der Waals surface area contributed by atoms with Gasteiger partial charge in [-0.1, -0.05) is 30.3 Å². The molecular formula is C22H18FN3O2. The van der Waals surface area contributed by atoms with Crippen molar-refractivity contribution in [3.63, 3.8) is 0 Å². The Morgan fingerprint density at radius 1 is 1.04 bits per heavy atom. The van der Waals surface area contributed by atoms with Gasteiger partial charge in [0.05, 0.1) is 17.6 Å². The zero-order valence-corrected chi connectivity index (χ0v) is 15.0. The van der Waals surface area contributed by atoms with Gasteiger partial charge in [0.1, 0.15) is 18.2 Å². The van der Waals surface area contributed by atoms with E-state index < -0.39 is 0 Å². The zero-order chi connectivity index (χ0) is 19.3. The number of carbonyl (C=O) groups is 1. The highest BCUT2D eigenvalue weighted by Gasteiger charge is 2.08. The highest BCUT2D eigenvalue weighted by atomic mass is 19.1. The molecule has 0 saturated heterocycles. The number of imidazole rings is 1. The van der Waals surface area contributed by atoms with Crippen LogP contribution in [0.4, 0.5) is 10.1 Å². The summed E-state index contributed by atoms with van der Waals surface area (Å²) in [7, 11) is 0. The van der Waals surface area contributed by atoms with Crippen LogP contribution >= 0.6 is 0 Å².